The van der Waals surface area contributed by atoms with E-state index >= 15 is 0 Å². The quantitative estimate of drug-likeness (QED) is 0.370. The third kappa shape index (κ3) is 4.17. The molecule has 0 bridgehead atoms. The lowest BCUT2D eigenvalue weighted by molar-refractivity contribution is -0.135. The number of ether oxygens (including phenoxy) is 2. The molecule has 0 fully saturated rings. The van der Waals surface area contributed by atoms with E-state index in [1.54, 1.807) is 38.1 Å². The first-order valence-electron chi connectivity index (χ1n) is 7.61. The zero-order valence-corrected chi connectivity index (χ0v) is 13.8. The Kier molecular flexibility index (Phi) is 6.16. The van der Waals surface area contributed by atoms with E-state index in [9.17, 15) is 14.8 Å². The summed E-state index contributed by atoms with van der Waals surface area (Å²) in [7, 11) is 0. The van der Waals surface area contributed by atoms with Gasteiger partial charge in [0.05, 0.1) is 18.8 Å². The van der Waals surface area contributed by atoms with E-state index in [1.807, 2.05) is 6.07 Å². The molecule has 0 spiro atoms. The topological polar surface area (TPSA) is 111 Å². The summed E-state index contributed by atoms with van der Waals surface area (Å²) in [6.07, 6.45) is 1.23. The summed E-state index contributed by atoms with van der Waals surface area (Å²) in [6, 6.07) is 8.99. The standard InChI is InChI=1S/C17H17N3O5/c1-3-24-16(21)13-12(14(20-23)17(22)25-4-2)10-18-15(19-13)11-8-6-5-7-9-11/h5-10,23H,3-4H2,1-2H3. The molecule has 1 aromatic carbocycles. The second kappa shape index (κ2) is 8.53. The zero-order valence-electron chi connectivity index (χ0n) is 13.8. The van der Waals surface area contributed by atoms with Crippen molar-refractivity contribution in [2.24, 2.45) is 5.16 Å². The molecule has 0 aliphatic carbocycles. The minimum atomic E-state index is -0.897. The molecule has 8 heteroatoms. The van der Waals surface area contributed by atoms with Gasteiger partial charge >= 0.3 is 11.9 Å². The number of carbonyl (C=O) groups is 2. The van der Waals surface area contributed by atoms with Crippen molar-refractivity contribution < 1.29 is 24.3 Å². The van der Waals surface area contributed by atoms with Crippen LogP contribution in [0, 0.1) is 0 Å². The molecule has 0 saturated heterocycles. The van der Waals surface area contributed by atoms with Gasteiger partial charge < -0.3 is 14.7 Å². The molecule has 0 amide bonds. The van der Waals surface area contributed by atoms with Crippen LogP contribution < -0.4 is 0 Å². The van der Waals surface area contributed by atoms with Gasteiger partial charge in [-0.25, -0.2) is 19.6 Å². The molecule has 2 rings (SSSR count). The summed E-state index contributed by atoms with van der Waals surface area (Å²) in [4.78, 5) is 32.5. The van der Waals surface area contributed by atoms with E-state index in [4.69, 9.17) is 9.47 Å². The van der Waals surface area contributed by atoms with Crippen LogP contribution in [-0.4, -0.2) is 46.0 Å². The molecule has 0 unspecified atom stereocenters. The largest absolute Gasteiger partial charge is 0.461 e. The summed E-state index contributed by atoms with van der Waals surface area (Å²) in [5.74, 6) is -1.39. The highest BCUT2D eigenvalue weighted by molar-refractivity contribution is 6.44. The Hall–Kier alpha value is -3.29. The van der Waals surface area contributed by atoms with Crippen molar-refractivity contribution in [3.05, 3.63) is 47.8 Å². The maximum absolute atomic E-state index is 12.2. The maximum Gasteiger partial charge on any atom is 0.361 e. The van der Waals surface area contributed by atoms with Crippen LogP contribution in [0.1, 0.15) is 29.9 Å². The Bertz CT molecular complexity index is 790. The minimum absolute atomic E-state index is 0.0703. The monoisotopic (exact) mass is 343 g/mol. The number of oxime groups is 1. The molecule has 0 aliphatic heterocycles. The lowest BCUT2D eigenvalue weighted by Crippen LogP contribution is -2.24. The van der Waals surface area contributed by atoms with Crippen LogP contribution in [-0.2, 0) is 14.3 Å². The van der Waals surface area contributed by atoms with Gasteiger partial charge in [0.25, 0.3) is 0 Å². The van der Waals surface area contributed by atoms with Crippen molar-refractivity contribution in [3.8, 4) is 11.4 Å². The van der Waals surface area contributed by atoms with Gasteiger partial charge in [-0.3, -0.25) is 0 Å². The van der Waals surface area contributed by atoms with Crippen LogP contribution in [0.25, 0.3) is 11.4 Å². The van der Waals surface area contributed by atoms with Crippen molar-refractivity contribution in [3.63, 3.8) is 0 Å². The van der Waals surface area contributed by atoms with Crippen LogP contribution in [0.5, 0.6) is 0 Å². The fourth-order valence-corrected chi connectivity index (χ4v) is 2.04. The van der Waals surface area contributed by atoms with Gasteiger partial charge in [-0.2, -0.15) is 0 Å². The van der Waals surface area contributed by atoms with E-state index in [0.717, 1.165) is 0 Å². The smallest absolute Gasteiger partial charge is 0.361 e. The molecule has 130 valence electrons. The number of nitrogens with zero attached hydrogens (tertiary/aromatic N) is 3. The third-order valence-corrected chi connectivity index (χ3v) is 3.11. The van der Waals surface area contributed by atoms with E-state index in [2.05, 4.69) is 15.1 Å². The van der Waals surface area contributed by atoms with Gasteiger partial charge in [-0.1, -0.05) is 35.5 Å². The second-order valence-electron chi connectivity index (χ2n) is 4.71. The summed E-state index contributed by atoms with van der Waals surface area (Å²) >= 11 is 0. The fourth-order valence-electron chi connectivity index (χ4n) is 2.04. The minimum Gasteiger partial charge on any atom is -0.461 e. The highest BCUT2D eigenvalue weighted by Gasteiger charge is 2.26. The number of benzene rings is 1. The highest BCUT2D eigenvalue weighted by Crippen LogP contribution is 2.18. The maximum atomic E-state index is 12.2. The van der Waals surface area contributed by atoms with Gasteiger partial charge in [0.2, 0.25) is 0 Å². The molecule has 25 heavy (non-hydrogen) atoms. The van der Waals surface area contributed by atoms with Gasteiger partial charge in [-0.05, 0) is 13.8 Å². The van der Waals surface area contributed by atoms with Crippen molar-refractivity contribution in [1.82, 2.24) is 9.97 Å². The van der Waals surface area contributed by atoms with Crippen LogP contribution >= 0.6 is 0 Å². The van der Waals surface area contributed by atoms with Gasteiger partial charge in [0.1, 0.15) is 0 Å². The first kappa shape index (κ1) is 18.1. The summed E-state index contributed by atoms with van der Waals surface area (Å²) in [5, 5.41) is 12.1. The van der Waals surface area contributed by atoms with E-state index in [1.165, 1.54) is 6.20 Å². The number of hydrogen-bond acceptors (Lipinski definition) is 8. The molecule has 2 aromatic rings. The summed E-state index contributed by atoms with van der Waals surface area (Å²) in [5.41, 5.74) is -0.0432. The van der Waals surface area contributed by atoms with Crippen LogP contribution in [0.3, 0.4) is 0 Å². The Balaban J connectivity index is 2.56. The molecular weight excluding hydrogens is 326 g/mol. The van der Waals surface area contributed by atoms with Crippen molar-refractivity contribution in [2.45, 2.75) is 13.8 Å². The SMILES string of the molecule is CCOC(=O)C(=NO)c1cnc(-c2ccccc2)nc1C(=O)OCC. The summed E-state index contributed by atoms with van der Waals surface area (Å²) in [6.45, 7) is 3.45. The molecule has 8 nitrogen and oxygen atoms in total. The Morgan fingerprint density at radius 2 is 1.80 bits per heavy atom. The Morgan fingerprint density at radius 3 is 2.40 bits per heavy atom. The molecular formula is C17H17N3O5. The van der Waals surface area contributed by atoms with Crippen LogP contribution in [0.4, 0.5) is 0 Å². The molecule has 1 N–H and O–H groups in total. The second-order valence-corrected chi connectivity index (χ2v) is 4.71. The molecule has 1 heterocycles. The zero-order chi connectivity index (χ0) is 18.2. The number of hydrogen-bond donors (Lipinski definition) is 1. The Labute approximate surface area is 144 Å². The van der Waals surface area contributed by atoms with E-state index in [-0.39, 0.29) is 30.3 Å². The summed E-state index contributed by atoms with van der Waals surface area (Å²) < 4.78 is 9.80. The van der Waals surface area contributed by atoms with Crippen molar-refractivity contribution in [2.75, 3.05) is 13.2 Å². The van der Waals surface area contributed by atoms with Crippen LogP contribution in [0.15, 0.2) is 41.7 Å². The lowest BCUT2D eigenvalue weighted by Gasteiger charge is -2.10. The van der Waals surface area contributed by atoms with Gasteiger partial charge in [-0.15, -0.1) is 0 Å². The van der Waals surface area contributed by atoms with Crippen LogP contribution in [0.2, 0.25) is 0 Å². The molecule has 0 saturated carbocycles. The van der Waals surface area contributed by atoms with E-state index < -0.39 is 17.7 Å². The van der Waals surface area contributed by atoms with Crippen molar-refractivity contribution >= 4 is 17.7 Å². The normalized spacial score (nSPS) is 11.0. The molecule has 0 aliphatic rings. The first-order chi connectivity index (χ1) is 12.1. The average Bonchev–Trinajstić information content (AvgIpc) is 2.63. The fraction of sp³-hybridized carbons (Fsp3) is 0.235. The first-order valence-corrected chi connectivity index (χ1v) is 7.61. The predicted octanol–water partition coefficient (Wildman–Crippen LogP) is 2.06. The number of rotatable bonds is 6. The molecule has 1 aromatic heterocycles. The average molecular weight is 343 g/mol. The molecule has 0 atom stereocenters. The predicted molar refractivity (Wildman–Crippen MR) is 88.4 cm³/mol. The van der Waals surface area contributed by atoms with E-state index in [0.29, 0.717) is 5.56 Å². The third-order valence-electron chi connectivity index (χ3n) is 3.11. The van der Waals surface area contributed by atoms with Gasteiger partial charge in [0.15, 0.2) is 17.2 Å². The number of carbonyl (C=O) groups excluding carboxylic acids is 2. The lowest BCUT2D eigenvalue weighted by atomic mass is 10.1. The molecule has 0 radical (unpaired) electrons. The number of aromatic nitrogens is 2. The van der Waals surface area contributed by atoms with Crippen molar-refractivity contribution in [1.29, 1.82) is 0 Å². The number of esters is 2. The Morgan fingerprint density at radius 1 is 1.12 bits per heavy atom. The van der Waals surface area contributed by atoms with Gasteiger partial charge in [0, 0.05) is 11.8 Å². The highest BCUT2D eigenvalue weighted by atomic mass is 16.5.